The lowest BCUT2D eigenvalue weighted by Gasteiger charge is -2.14. The average molecular weight is 369 g/mol. The number of carbonyl (C=O) groups excluding carboxylic acids is 1. The van der Waals surface area contributed by atoms with E-state index < -0.39 is 34.8 Å². The number of hydrogen-bond donors (Lipinski definition) is 3. The number of rotatable bonds is 4. The highest BCUT2D eigenvalue weighted by molar-refractivity contribution is 6.02. The van der Waals surface area contributed by atoms with E-state index in [-0.39, 0.29) is 0 Å². The second-order valence-corrected chi connectivity index (χ2v) is 6.33. The summed E-state index contributed by atoms with van der Waals surface area (Å²) in [6.07, 6.45) is 1.69. The van der Waals surface area contributed by atoms with Crippen molar-refractivity contribution in [3.8, 4) is 16.9 Å². The largest absolute Gasteiger partial charge is 0.505 e. The van der Waals surface area contributed by atoms with E-state index in [1.54, 1.807) is 6.20 Å². The van der Waals surface area contributed by atoms with Crippen LogP contribution in [0.5, 0.6) is 5.75 Å². The molecule has 1 aromatic carbocycles. The number of fused-ring (bicyclic) bond motifs is 1. The summed E-state index contributed by atoms with van der Waals surface area (Å²) in [5, 5.41) is 22.0. The van der Waals surface area contributed by atoms with Crippen LogP contribution >= 0.6 is 0 Å². The minimum absolute atomic E-state index is 0.300. The molecule has 8 nitrogen and oxygen atoms in total. The number of nitrogens with zero attached hydrogens (tertiary/aromatic N) is 2. The first-order valence-corrected chi connectivity index (χ1v) is 8.27. The van der Waals surface area contributed by atoms with Gasteiger partial charge in [0.15, 0.2) is 5.75 Å². The molecule has 1 atom stereocenters. The third kappa shape index (κ3) is 2.95. The standard InChI is InChI=1S/C19H19N3O5/c1-10-9-22-15(13(10)12-7-5-4-6-8-12)16(23)14(18(25)21(22)3)17(24)20-11(2)19(26)27/h4-9,11,23H,1-3H3,(H,20,24)(H,26,27)/t11-/m0/s1. The van der Waals surface area contributed by atoms with Gasteiger partial charge in [0.05, 0.1) is 0 Å². The van der Waals surface area contributed by atoms with Gasteiger partial charge < -0.3 is 15.5 Å². The molecular formula is C19H19N3O5. The topological polar surface area (TPSA) is 113 Å². The molecule has 0 saturated carbocycles. The number of aromatic nitrogens is 2. The number of carboxylic acids is 1. The molecule has 0 aliphatic rings. The van der Waals surface area contributed by atoms with Crippen molar-refractivity contribution in [2.45, 2.75) is 19.9 Å². The molecule has 0 saturated heterocycles. The van der Waals surface area contributed by atoms with E-state index in [0.29, 0.717) is 11.1 Å². The fourth-order valence-electron chi connectivity index (χ4n) is 3.06. The van der Waals surface area contributed by atoms with Gasteiger partial charge >= 0.3 is 5.97 Å². The Labute approximate surface area is 154 Å². The Hall–Kier alpha value is -3.55. The number of carboxylic acid groups (broad SMARTS) is 1. The van der Waals surface area contributed by atoms with Crippen molar-refractivity contribution in [1.29, 1.82) is 0 Å². The monoisotopic (exact) mass is 369 g/mol. The summed E-state index contributed by atoms with van der Waals surface area (Å²) in [5.74, 6) is -2.67. The van der Waals surface area contributed by atoms with Gasteiger partial charge in [-0.05, 0) is 25.0 Å². The summed E-state index contributed by atoms with van der Waals surface area (Å²) < 4.78 is 2.68. The summed E-state index contributed by atoms with van der Waals surface area (Å²) in [6, 6.07) is 8.07. The minimum Gasteiger partial charge on any atom is -0.505 e. The Morgan fingerprint density at radius 1 is 1.19 bits per heavy atom. The van der Waals surface area contributed by atoms with Crippen molar-refractivity contribution in [3.63, 3.8) is 0 Å². The Morgan fingerprint density at radius 3 is 2.41 bits per heavy atom. The zero-order chi connectivity index (χ0) is 19.9. The van der Waals surface area contributed by atoms with Crippen LogP contribution in [0.2, 0.25) is 0 Å². The molecule has 3 aromatic rings. The molecule has 27 heavy (non-hydrogen) atoms. The van der Waals surface area contributed by atoms with Crippen LogP contribution in [-0.4, -0.2) is 37.3 Å². The van der Waals surface area contributed by atoms with Crippen LogP contribution in [0.15, 0.2) is 41.3 Å². The van der Waals surface area contributed by atoms with Gasteiger partial charge in [0.2, 0.25) is 0 Å². The number of aromatic hydroxyl groups is 1. The maximum atomic E-state index is 12.6. The highest BCUT2D eigenvalue weighted by atomic mass is 16.4. The Bertz CT molecular complexity index is 1110. The van der Waals surface area contributed by atoms with Crippen LogP contribution in [-0.2, 0) is 11.8 Å². The molecule has 8 heteroatoms. The molecule has 140 valence electrons. The number of amides is 1. The van der Waals surface area contributed by atoms with Crippen molar-refractivity contribution in [2.75, 3.05) is 0 Å². The number of aliphatic carboxylic acids is 1. The highest BCUT2D eigenvalue weighted by Gasteiger charge is 2.26. The molecule has 3 N–H and O–H groups in total. The van der Waals surface area contributed by atoms with Gasteiger partial charge in [-0.25, -0.2) is 4.68 Å². The van der Waals surface area contributed by atoms with Gasteiger partial charge in [-0.1, -0.05) is 30.3 Å². The first kappa shape index (κ1) is 18.2. The van der Waals surface area contributed by atoms with E-state index in [4.69, 9.17) is 5.11 Å². The third-order valence-corrected chi connectivity index (χ3v) is 4.48. The zero-order valence-electron chi connectivity index (χ0n) is 15.1. The molecule has 0 aliphatic heterocycles. The fraction of sp³-hybridized carbons (Fsp3) is 0.211. The van der Waals surface area contributed by atoms with E-state index in [0.717, 1.165) is 11.1 Å². The molecule has 0 fully saturated rings. The predicted octanol–water partition coefficient (Wildman–Crippen LogP) is 1.52. The summed E-state index contributed by atoms with van der Waals surface area (Å²) >= 11 is 0. The van der Waals surface area contributed by atoms with E-state index in [2.05, 4.69) is 5.32 Å². The van der Waals surface area contributed by atoms with Gasteiger partial charge in [0.25, 0.3) is 11.5 Å². The lowest BCUT2D eigenvalue weighted by Crippen LogP contribution is -2.41. The Morgan fingerprint density at radius 2 is 1.81 bits per heavy atom. The van der Waals surface area contributed by atoms with Crippen molar-refractivity contribution < 1.29 is 19.8 Å². The number of nitrogens with one attached hydrogen (secondary N) is 1. The van der Waals surface area contributed by atoms with Crippen LogP contribution in [0.3, 0.4) is 0 Å². The molecule has 2 heterocycles. The van der Waals surface area contributed by atoms with Gasteiger partial charge in [-0.2, -0.15) is 0 Å². The lowest BCUT2D eigenvalue weighted by molar-refractivity contribution is -0.138. The molecule has 2 aromatic heterocycles. The van der Waals surface area contributed by atoms with Gasteiger partial charge in [-0.15, -0.1) is 0 Å². The summed E-state index contributed by atoms with van der Waals surface area (Å²) in [4.78, 5) is 36.1. The molecular weight excluding hydrogens is 350 g/mol. The molecule has 3 rings (SSSR count). The van der Waals surface area contributed by atoms with Crippen molar-refractivity contribution in [2.24, 2.45) is 7.05 Å². The first-order valence-electron chi connectivity index (χ1n) is 8.27. The summed E-state index contributed by atoms with van der Waals surface area (Å²) in [6.45, 7) is 3.11. The van der Waals surface area contributed by atoms with Gasteiger partial charge in [0.1, 0.15) is 17.1 Å². The van der Waals surface area contributed by atoms with Gasteiger partial charge in [-0.3, -0.25) is 18.9 Å². The number of hydrogen-bond acceptors (Lipinski definition) is 4. The van der Waals surface area contributed by atoms with E-state index in [1.165, 1.54) is 23.2 Å². The Kier molecular flexibility index (Phi) is 4.49. The van der Waals surface area contributed by atoms with E-state index in [9.17, 15) is 19.5 Å². The predicted molar refractivity (Wildman–Crippen MR) is 99.0 cm³/mol. The molecule has 1 amide bonds. The van der Waals surface area contributed by atoms with Crippen LogP contribution in [0, 0.1) is 6.92 Å². The smallest absolute Gasteiger partial charge is 0.325 e. The maximum Gasteiger partial charge on any atom is 0.325 e. The van der Waals surface area contributed by atoms with Crippen molar-refractivity contribution in [1.82, 2.24) is 14.5 Å². The average Bonchev–Trinajstić information content (AvgIpc) is 2.98. The van der Waals surface area contributed by atoms with E-state index >= 15 is 0 Å². The van der Waals surface area contributed by atoms with Crippen molar-refractivity contribution in [3.05, 3.63) is 58.0 Å². The Balaban J connectivity index is 2.30. The normalized spacial score (nSPS) is 12.1. The summed E-state index contributed by atoms with van der Waals surface area (Å²) in [5.41, 5.74) is 1.38. The van der Waals surface area contributed by atoms with Gasteiger partial charge in [0, 0.05) is 18.8 Å². The second kappa shape index (κ2) is 6.64. The van der Waals surface area contributed by atoms with Crippen LogP contribution < -0.4 is 10.9 Å². The van der Waals surface area contributed by atoms with Crippen LogP contribution in [0.4, 0.5) is 0 Å². The maximum absolute atomic E-state index is 12.6. The van der Waals surface area contributed by atoms with Crippen molar-refractivity contribution >= 4 is 17.4 Å². The number of carbonyl (C=O) groups is 2. The zero-order valence-corrected chi connectivity index (χ0v) is 15.1. The minimum atomic E-state index is -1.25. The van der Waals surface area contributed by atoms with Crippen LogP contribution in [0.25, 0.3) is 16.6 Å². The molecule has 0 aliphatic carbocycles. The second-order valence-electron chi connectivity index (χ2n) is 6.33. The number of aryl methyl sites for hydroxylation is 2. The first-order chi connectivity index (χ1) is 12.7. The molecule has 0 radical (unpaired) electrons. The molecule has 0 bridgehead atoms. The van der Waals surface area contributed by atoms with Crippen LogP contribution in [0.1, 0.15) is 22.8 Å². The number of benzene rings is 1. The third-order valence-electron chi connectivity index (χ3n) is 4.48. The summed E-state index contributed by atoms with van der Waals surface area (Å²) in [7, 11) is 1.47. The molecule has 0 unspecified atom stereocenters. The molecule has 0 spiro atoms. The fourth-order valence-corrected chi connectivity index (χ4v) is 3.06. The quantitative estimate of drug-likeness (QED) is 0.645. The SMILES string of the molecule is Cc1cn2c(c(O)c(C(=O)N[C@@H](C)C(=O)O)c(=O)n2C)c1-c1ccccc1. The van der Waals surface area contributed by atoms with E-state index in [1.807, 2.05) is 37.3 Å². The highest BCUT2D eigenvalue weighted by Crippen LogP contribution is 2.35. The lowest BCUT2D eigenvalue weighted by atomic mass is 10.0.